The van der Waals surface area contributed by atoms with Crippen molar-refractivity contribution in [1.82, 2.24) is 0 Å². The van der Waals surface area contributed by atoms with Crippen molar-refractivity contribution in [2.45, 2.75) is 12.8 Å². The number of carbonyl (C=O) groups excluding carboxylic acids is 1. The van der Waals surface area contributed by atoms with Crippen LogP contribution >= 0.6 is 12.4 Å². The van der Waals surface area contributed by atoms with Gasteiger partial charge in [-0.2, -0.15) is 0 Å². The first-order valence-corrected chi connectivity index (χ1v) is 2.65. The van der Waals surface area contributed by atoms with Gasteiger partial charge in [-0.05, 0) is 12.8 Å². The molecule has 0 spiro atoms. The Morgan fingerprint density at radius 3 is 2.11 bits per heavy atom. The maximum atomic E-state index is 10.5. The normalized spacial score (nSPS) is 19.6. The number of nitrogens with two attached hydrogens (primary N) is 1. The average Bonchev–Trinajstić information content (AvgIpc) is 2.44. The minimum Gasteiger partial charge on any atom is -0.369 e. The second-order valence-corrected chi connectivity index (χ2v) is 2.22. The zero-order valence-electron chi connectivity index (χ0n) is 5.09. The number of primary amides is 1. The van der Waals surface area contributed by atoms with Crippen LogP contribution in [0.15, 0.2) is 12.7 Å². The Balaban J connectivity index is 0.000000640. The fourth-order valence-electron chi connectivity index (χ4n) is 0.686. The summed E-state index contributed by atoms with van der Waals surface area (Å²) in [7, 11) is 0. The number of carbonyl (C=O) groups is 1. The summed E-state index contributed by atoms with van der Waals surface area (Å²) < 4.78 is 0. The molecule has 1 saturated carbocycles. The van der Waals surface area contributed by atoms with Gasteiger partial charge in [-0.1, -0.05) is 6.08 Å². The maximum absolute atomic E-state index is 10.5. The highest BCUT2D eigenvalue weighted by molar-refractivity contribution is 5.85. The topological polar surface area (TPSA) is 43.1 Å². The smallest absolute Gasteiger partial charge is 0.227 e. The van der Waals surface area contributed by atoms with Gasteiger partial charge < -0.3 is 5.73 Å². The monoisotopic (exact) mass is 147 g/mol. The third-order valence-electron chi connectivity index (χ3n) is 1.67. The van der Waals surface area contributed by atoms with Gasteiger partial charge in [0.05, 0.1) is 5.41 Å². The van der Waals surface area contributed by atoms with Crippen molar-refractivity contribution < 1.29 is 4.79 Å². The molecule has 0 aromatic carbocycles. The van der Waals surface area contributed by atoms with E-state index < -0.39 is 0 Å². The standard InChI is InChI=1S/C6H9NO.ClH/c1-2-6(3-4-6)5(7)8;/h2H,1,3-4H2,(H2,7,8);1H. The van der Waals surface area contributed by atoms with Crippen LogP contribution in [-0.4, -0.2) is 5.91 Å². The first kappa shape index (κ1) is 8.50. The zero-order chi connectivity index (χ0) is 6.20. The minimum atomic E-state index is -0.306. The van der Waals surface area contributed by atoms with Crippen molar-refractivity contribution >= 4 is 18.3 Å². The van der Waals surface area contributed by atoms with E-state index in [4.69, 9.17) is 5.73 Å². The summed E-state index contributed by atoms with van der Waals surface area (Å²) in [6, 6.07) is 0. The molecule has 9 heavy (non-hydrogen) atoms. The number of rotatable bonds is 2. The molecule has 0 bridgehead atoms. The molecule has 52 valence electrons. The molecule has 1 rings (SSSR count). The summed E-state index contributed by atoms with van der Waals surface area (Å²) in [6.07, 6.45) is 3.44. The number of hydrogen-bond donors (Lipinski definition) is 1. The van der Waals surface area contributed by atoms with Gasteiger partial charge in [-0.15, -0.1) is 19.0 Å². The maximum Gasteiger partial charge on any atom is 0.227 e. The second kappa shape index (κ2) is 2.40. The van der Waals surface area contributed by atoms with Crippen LogP contribution in [0.5, 0.6) is 0 Å². The van der Waals surface area contributed by atoms with Gasteiger partial charge in [0.25, 0.3) is 0 Å². The van der Waals surface area contributed by atoms with Crippen molar-refractivity contribution in [3.8, 4) is 0 Å². The fourth-order valence-corrected chi connectivity index (χ4v) is 0.686. The Labute approximate surface area is 60.5 Å². The number of hydrogen-bond acceptors (Lipinski definition) is 1. The first-order valence-electron chi connectivity index (χ1n) is 2.65. The molecule has 0 aromatic rings. The molecule has 0 unspecified atom stereocenters. The lowest BCUT2D eigenvalue weighted by Crippen LogP contribution is -2.22. The highest BCUT2D eigenvalue weighted by Gasteiger charge is 2.45. The van der Waals surface area contributed by atoms with E-state index in [1.807, 2.05) is 0 Å². The Morgan fingerprint density at radius 1 is 1.67 bits per heavy atom. The molecule has 2 nitrogen and oxygen atoms in total. The lowest BCUT2D eigenvalue weighted by Gasteiger charge is -1.99. The van der Waals surface area contributed by atoms with Crippen LogP contribution in [-0.2, 0) is 4.79 Å². The summed E-state index contributed by atoms with van der Waals surface area (Å²) >= 11 is 0. The Bertz CT molecular complexity index is 140. The molecule has 0 atom stereocenters. The molecule has 0 aromatic heterocycles. The van der Waals surface area contributed by atoms with Gasteiger partial charge in [-0.3, -0.25) is 4.79 Å². The van der Waals surface area contributed by atoms with E-state index in [1.165, 1.54) is 0 Å². The predicted octanol–water partition coefficient (Wildman–Crippen LogP) is 0.860. The summed E-state index contributed by atoms with van der Waals surface area (Å²) in [4.78, 5) is 10.5. The highest BCUT2D eigenvalue weighted by Crippen LogP contribution is 2.46. The third-order valence-corrected chi connectivity index (χ3v) is 1.67. The van der Waals surface area contributed by atoms with Crippen LogP contribution in [0.1, 0.15) is 12.8 Å². The van der Waals surface area contributed by atoms with E-state index >= 15 is 0 Å². The Hall–Kier alpha value is -0.500. The van der Waals surface area contributed by atoms with Gasteiger partial charge in [0.15, 0.2) is 0 Å². The molecule has 1 aliphatic rings. The zero-order valence-corrected chi connectivity index (χ0v) is 5.91. The van der Waals surface area contributed by atoms with Gasteiger partial charge in [0.2, 0.25) is 5.91 Å². The van der Waals surface area contributed by atoms with Crippen molar-refractivity contribution in [2.24, 2.45) is 11.1 Å². The van der Waals surface area contributed by atoms with Crippen LogP contribution in [0.3, 0.4) is 0 Å². The fraction of sp³-hybridized carbons (Fsp3) is 0.500. The van der Waals surface area contributed by atoms with Crippen LogP contribution in [0, 0.1) is 5.41 Å². The Kier molecular flexibility index (Phi) is 2.26. The third kappa shape index (κ3) is 1.24. The molecule has 1 amide bonds. The van der Waals surface area contributed by atoms with Crippen molar-refractivity contribution in [2.75, 3.05) is 0 Å². The van der Waals surface area contributed by atoms with Gasteiger partial charge in [0, 0.05) is 0 Å². The predicted molar refractivity (Wildman–Crippen MR) is 38.3 cm³/mol. The van der Waals surface area contributed by atoms with E-state index in [1.54, 1.807) is 6.08 Å². The van der Waals surface area contributed by atoms with Crippen LogP contribution in [0.25, 0.3) is 0 Å². The molecule has 0 radical (unpaired) electrons. The molecule has 1 aliphatic carbocycles. The van der Waals surface area contributed by atoms with Gasteiger partial charge in [0.1, 0.15) is 0 Å². The largest absolute Gasteiger partial charge is 0.369 e. The summed E-state index contributed by atoms with van der Waals surface area (Å²) in [5.41, 5.74) is 4.73. The first-order chi connectivity index (χ1) is 3.71. The molecule has 0 heterocycles. The van der Waals surface area contributed by atoms with Gasteiger partial charge >= 0.3 is 0 Å². The van der Waals surface area contributed by atoms with E-state index in [0.717, 1.165) is 12.8 Å². The quantitative estimate of drug-likeness (QED) is 0.579. The van der Waals surface area contributed by atoms with E-state index in [2.05, 4.69) is 6.58 Å². The molecule has 3 heteroatoms. The molecule has 0 saturated heterocycles. The van der Waals surface area contributed by atoms with Gasteiger partial charge in [-0.25, -0.2) is 0 Å². The SMILES string of the molecule is C=CC1(C(N)=O)CC1.Cl. The molecular weight excluding hydrogens is 138 g/mol. The van der Waals surface area contributed by atoms with E-state index in [9.17, 15) is 4.79 Å². The van der Waals surface area contributed by atoms with Crippen molar-refractivity contribution in [3.05, 3.63) is 12.7 Å². The van der Waals surface area contributed by atoms with Crippen molar-refractivity contribution in [1.29, 1.82) is 0 Å². The molecule has 2 N–H and O–H groups in total. The van der Waals surface area contributed by atoms with Crippen molar-refractivity contribution in [3.63, 3.8) is 0 Å². The Morgan fingerprint density at radius 2 is 2.11 bits per heavy atom. The summed E-state index contributed by atoms with van der Waals surface area (Å²) in [5, 5.41) is 0. The van der Waals surface area contributed by atoms with E-state index in [-0.39, 0.29) is 23.7 Å². The molecule has 1 fully saturated rings. The number of amides is 1. The summed E-state index contributed by atoms with van der Waals surface area (Å²) in [5.74, 6) is -0.229. The van der Waals surface area contributed by atoms with E-state index in [0.29, 0.717) is 0 Å². The van der Waals surface area contributed by atoms with Crippen LogP contribution in [0.4, 0.5) is 0 Å². The average molecular weight is 148 g/mol. The van der Waals surface area contributed by atoms with Crippen LogP contribution in [0.2, 0.25) is 0 Å². The second-order valence-electron chi connectivity index (χ2n) is 2.22. The van der Waals surface area contributed by atoms with Crippen LogP contribution < -0.4 is 5.73 Å². The molecule has 0 aliphatic heterocycles. The number of halogens is 1. The minimum absolute atomic E-state index is 0. The molecular formula is C6H10ClNO. The summed E-state index contributed by atoms with van der Waals surface area (Å²) in [6.45, 7) is 3.52. The lowest BCUT2D eigenvalue weighted by molar-refractivity contribution is -0.121. The highest BCUT2D eigenvalue weighted by atomic mass is 35.5. The lowest BCUT2D eigenvalue weighted by atomic mass is 10.1.